The van der Waals surface area contributed by atoms with Gasteiger partial charge in [-0.1, -0.05) is 13.8 Å². The molecule has 4 nitrogen and oxygen atoms in total. The lowest BCUT2D eigenvalue weighted by Crippen LogP contribution is -2.36. The molecule has 0 bridgehead atoms. The average molecular weight is 292 g/mol. The van der Waals surface area contributed by atoms with Gasteiger partial charge in [-0.15, -0.1) is 11.3 Å². The van der Waals surface area contributed by atoms with Crippen molar-refractivity contribution in [3.8, 4) is 0 Å². The zero-order chi connectivity index (χ0) is 14.8. The van der Waals surface area contributed by atoms with E-state index in [1.807, 2.05) is 12.4 Å². The van der Waals surface area contributed by atoms with Gasteiger partial charge in [0.15, 0.2) is 0 Å². The van der Waals surface area contributed by atoms with Crippen LogP contribution >= 0.6 is 11.3 Å². The summed E-state index contributed by atoms with van der Waals surface area (Å²) in [6, 6.07) is 0. The summed E-state index contributed by atoms with van der Waals surface area (Å²) in [5.41, 5.74) is 1.22. The highest BCUT2D eigenvalue weighted by atomic mass is 32.1. The van der Waals surface area contributed by atoms with Gasteiger partial charge in [0.05, 0.1) is 23.8 Å². The van der Waals surface area contributed by atoms with Crippen LogP contribution in [0.2, 0.25) is 0 Å². The van der Waals surface area contributed by atoms with Crippen LogP contribution in [0.15, 0.2) is 17.8 Å². The van der Waals surface area contributed by atoms with E-state index in [1.165, 1.54) is 5.01 Å². The Bertz CT molecular complexity index is 548. The van der Waals surface area contributed by atoms with Gasteiger partial charge in [0.1, 0.15) is 5.82 Å². The molecule has 0 radical (unpaired) electrons. The van der Waals surface area contributed by atoms with E-state index in [0.29, 0.717) is 5.92 Å². The van der Waals surface area contributed by atoms with Gasteiger partial charge in [0, 0.05) is 29.2 Å². The molecule has 0 saturated heterocycles. The zero-order valence-corrected chi connectivity index (χ0v) is 13.8. The van der Waals surface area contributed by atoms with Gasteiger partial charge >= 0.3 is 0 Å². The van der Waals surface area contributed by atoms with Gasteiger partial charge in [0.2, 0.25) is 0 Å². The topological polar surface area (TPSA) is 42.7 Å². The number of thiazole rings is 1. The van der Waals surface area contributed by atoms with Crippen LogP contribution in [0.25, 0.3) is 0 Å². The lowest BCUT2D eigenvalue weighted by Gasteiger charge is -2.20. The summed E-state index contributed by atoms with van der Waals surface area (Å²) >= 11 is 1.74. The summed E-state index contributed by atoms with van der Waals surface area (Å²) in [7, 11) is 0. The lowest BCUT2D eigenvalue weighted by atomic mass is 10.1. The Balaban J connectivity index is 2.04. The highest BCUT2D eigenvalue weighted by molar-refractivity contribution is 7.09. The molecule has 20 heavy (non-hydrogen) atoms. The molecule has 0 aliphatic carbocycles. The van der Waals surface area contributed by atoms with E-state index in [9.17, 15) is 0 Å². The summed E-state index contributed by atoms with van der Waals surface area (Å²) in [4.78, 5) is 9.12. The Kier molecular flexibility index (Phi) is 4.60. The fourth-order valence-electron chi connectivity index (χ4n) is 1.83. The fourth-order valence-corrected chi connectivity index (χ4v) is 2.66. The Labute approximate surface area is 125 Å². The van der Waals surface area contributed by atoms with Crippen LogP contribution in [0.3, 0.4) is 0 Å². The minimum Gasteiger partial charge on any atom is -0.328 e. The van der Waals surface area contributed by atoms with Crippen LogP contribution in [0.5, 0.6) is 0 Å². The van der Waals surface area contributed by atoms with E-state index in [1.54, 1.807) is 11.3 Å². The summed E-state index contributed by atoms with van der Waals surface area (Å²) in [6.07, 6.45) is 3.88. The van der Waals surface area contributed by atoms with Crippen molar-refractivity contribution in [2.45, 2.75) is 59.2 Å². The van der Waals surface area contributed by atoms with Crippen molar-refractivity contribution in [3.05, 3.63) is 34.3 Å². The van der Waals surface area contributed by atoms with Gasteiger partial charge in [0.25, 0.3) is 0 Å². The molecule has 2 aromatic rings. The number of hydrogen-bond donors (Lipinski definition) is 1. The van der Waals surface area contributed by atoms with Crippen LogP contribution in [0.1, 0.15) is 57.1 Å². The average Bonchev–Trinajstić information content (AvgIpc) is 2.95. The number of nitrogens with zero attached hydrogens (tertiary/aromatic N) is 3. The van der Waals surface area contributed by atoms with Gasteiger partial charge in [-0.2, -0.15) is 0 Å². The van der Waals surface area contributed by atoms with Gasteiger partial charge in [-0.25, -0.2) is 9.97 Å². The summed E-state index contributed by atoms with van der Waals surface area (Å²) in [5.74, 6) is 1.55. The second kappa shape index (κ2) is 6.06. The monoisotopic (exact) mass is 292 g/mol. The maximum Gasteiger partial charge on any atom is 0.123 e. The summed E-state index contributed by atoms with van der Waals surface area (Å²) < 4.78 is 2.16. The lowest BCUT2D eigenvalue weighted by molar-refractivity contribution is 0.413. The van der Waals surface area contributed by atoms with Crippen molar-refractivity contribution in [3.63, 3.8) is 0 Å². The molecule has 5 heteroatoms. The van der Waals surface area contributed by atoms with Crippen molar-refractivity contribution in [1.29, 1.82) is 0 Å². The van der Waals surface area contributed by atoms with E-state index >= 15 is 0 Å². The van der Waals surface area contributed by atoms with Crippen LogP contribution in [0.4, 0.5) is 0 Å². The van der Waals surface area contributed by atoms with Crippen molar-refractivity contribution in [2.75, 3.05) is 0 Å². The Morgan fingerprint density at radius 1 is 1.35 bits per heavy atom. The third-order valence-electron chi connectivity index (χ3n) is 2.97. The summed E-state index contributed by atoms with van der Waals surface area (Å²) in [5, 5.41) is 6.83. The third kappa shape index (κ3) is 4.15. The summed E-state index contributed by atoms with van der Waals surface area (Å²) in [6.45, 7) is 12.4. The highest BCUT2D eigenvalue weighted by Crippen LogP contribution is 2.20. The maximum absolute atomic E-state index is 4.68. The Morgan fingerprint density at radius 2 is 2.10 bits per heavy atom. The quantitative estimate of drug-likeness (QED) is 0.918. The SMILES string of the molecule is CC(C)c1nc(Cn2ccnc2CNC(C)(C)C)cs1. The molecule has 2 heterocycles. The van der Waals surface area contributed by atoms with Crippen molar-refractivity contribution in [2.24, 2.45) is 0 Å². The molecule has 0 fully saturated rings. The predicted octanol–water partition coefficient (Wildman–Crippen LogP) is 3.40. The molecule has 0 unspecified atom stereocenters. The molecule has 2 aromatic heterocycles. The van der Waals surface area contributed by atoms with Crippen molar-refractivity contribution < 1.29 is 0 Å². The highest BCUT2D eigenvalue weighted by Gasteiger charge is 2.12. The Hall–Kier alpha value is -1.20. The van der Waals surface area contributed by atoms with Crippen LogP contribution in [0, 0.1) is 0 Å². The number of imidazole rings is 1. The van der Waals surface area contributed by atoms with Crippen LogP contribution in [-0.4, -0.2) is 20.1 Å². The molecule has 0 saturated carbocycles. The number of hydrogen-bond acceptors (Lipinski definition) is 4. The minimum absolute atomic E-state index is 0.0994. The van der Waals surface area contributed by atoms with Crippen molar-refractivity contribution in [1.82, 2.24) is 19.9 Å². The third-order valence-corrected chi connectivity index (χ3v) is 4.17. The predicted molar refractivity (Wildman–Crippen MR) is 84.1 cm³/mol. The van der Waals surface area contributed by atoms with Gasteiger partial charge < -0.3 is 9.88 Å². The van der Waals surface area contributed by atoms with E-state index in [4.69, 9.17) is 0 Å². The first-order valence-corrected chi connectivity index (χ1v) is 7.92. The molecule has 110 valence electrons. The standard InChI is InChI=1S/C15H24N4S/c1-11(2)14-18-12(10-20-14)9-19-7-6-16-13(19)8-17-15(3,4)5/h6-7,10-11,17H,8-9H2,1-5H3. The van der Waals surface area contributed by atoms with Crippen molar-refractivity contribution >= 4 is 11.3 Å². The van der Waals surface area contributed by atoms with E-state index in [2.05, 4.69) is 59.9 Å². The molecule has 0 spiro atoms. The molecule has 1 N–H and O–H groups in total. The number of rotatable bonds is 5. The molecule has 0 amide bonds. The molecular weight excluding hydrogens is 268 g/mol. The van der Waals surface area contributed by atoms with E-state index in [0.717, 1.165) is 24.6 Å². The van der Waals surface area contributed by atoms with E-state index in [-0.39, 0.29) is 5.54 Å². The van der Waals surface area contributed by atoms with Crippen LogP contribution in [-0.2, 0) is 13.1 Å². The molecular formula is C15H24N4S. The van der Waals surface area contributed by atoms with Gasteiger partial charge in [-0.05, 0) is 20.8 Å². The van der Waals surface area contributed by atoms with E-state index < -0.39 is 0 Å². The van der Waals surface area contributed by atoms with Crippen LogP contribution < -0.4 is 5.32 Å². The normalized spacial score (nSPS) is 12.3. The first kappa shape index (κ1) is 15.2. The Morgan fingerprint density at radius 3 is 2.70 bits per heavy atom. The largest absolute Gasteiger partial charge is 0.328 e. The number of aromatic nitrogens is 3. The second-order valence-electron chi connectivity index (χ2n) is 6.41. The minimum atomic E-state index is 0.0994. The molecule has 0 atom stereocenters. The maximum atomic E-state index is 4.68. The smallest absolute Gasteiger partial charge is 0.123 e. The zero-order valence-electron chi connectivity index (χ0n) is 13.0. The first-order valence-electron chi connectivity index (χ1n) is 7.04. The second-order valence-corrected chi connectivity index (χ2v) is 7.30. The first-order chi connectivity index (χ1) is 9.35. The fraction of sp³-hybridized carbons (Fsp3) is 0.600. The number of nitrogens with one attached hydrogen (secondary N) is 1. The molecule has 2 rings (SSSR count). The molecule has 0 aliphatic rings. The molecule has 0 aromatic carbocycles. The molecule has 0 aliphatic heterocycles. The van der Waals surface area contributed by atoms with Gasteiger partial charge in [-0.3, -0.25) is 0 Å².